The number of nitrogens with two attached hydrogens (primary N) is 1. The van der Waals surface area contributed by atoms with Gasteiger partial charge in [0.05, 0.1) is 5.52 Å². The molecule has 0 aliphatic heterocycles. The van der Waals surface area contributed by atoms with Crippen LogP contribution in [0.4, 0.5) is 5.69 Å². The molecule has 0 saturated heterocycles. The molecule has 84 valence electrons. The molecule has 16 heavy (non-hydrogen) atoms. The van der Waals surface area contributed by atoms with Gasteiger partial charge in [0.2, 0.25) is 0 Å². The molecule has 0 bridgehead atoms. The van der Waals surface area contributed by atoms with Gasteiger partial charge in [-0.1, -0.05) is 18.2 Å². The Kier molecular flexibility index (Phi) is 3.06. The van der Waals surface area contributed by atoms with E-state index in [1.165, 1.54) is 11.1 Å². The zero-order valence-corrected chi connectivity index (χ0v) is 9.77. The lowest BCUT2D eigenvalue weighted by Gasteiger charge is -2.20. The fourth-order valence-electron chi connectivity index (χ4n) is 1.92. The third-order valence-corrected chi connectivity index (χ3v) is 2.70. The summed E-state index contributed by atoms with van der Waals surface area (Å²) in [6.07, 6.45) is 0. The van der Waals surface area contributed by atoms with Gasteiger partial charge in [-0.3, -0.25) is 4.98 Å². The molecule has 2 N–H and O–H groups in total. The third-order valence-electron chi connectivity index (χ3n) is 2.70. The van der Waals surface area contributed by atoms with Gasteiger partial charge in [0, 0.05) is 36.9 Å². The Bertz CT molecular complexity index is 494. The number of aromatic nitrogens is 1. The van der Waals surface area contributed by atoms with E-state index in [2.05, 4.69) is 29.1 Å². The van der Waals surface area contributed by atoms with E-state index in [1.807, 2.05) is 25.1 Å². The minimum Gasteiger partial charge on any atom is -0.373 e. The van der Waals surface area contributed by atoms with Crippen LogP contribution in [-0.2, 0) is 0 Å². The first-order valence-electron chi connectivity index (χ1n) is 5.50. The standard InChI is InChI=1S/C13H17N3/c1-10-9-13(16(2)8-7-14)11-5-3-4-6-12(11)15-10/h3-6,9H,7-8,14H2,1-2H3. The Labute approximate surface area is 95.9 Å². The van der Waals surface area contributed by atoms with Gasteiger partial charge >= 0.3 is 0 Å². The summed E-state index contributed by atoms with van der Waals surface area (Å²) in [4.78, 5) is 6.70. The summed E-state index contributed by atoms with van der Waals surface area (Å²) in [6.45, 7) is 3.53. The third kappa shape index (κ3) is 1.99. The largest absolute Gasteiger partial charge is 0.373 e. The Morgan fingerprint density at radius 1 is 1.31 bits per heavy atom. The number of pyridine rings is 1. The van der Waals surface area contributed by atoms with Gasteiger partial charge in [-0.25, -0.2) is 0 Å². The van der Waals surface area contributed by atoms with E-state index in [0.717, 1.165) is 17.8 Å². The molecule has 2 aromatic rings. The van der Waals surface area contributed by atoms with Crippen LogP contribution in [-0.4, -0.2) is 25.1 Å². The lowest BCUT2D eigenvalue weighted by molar-refractivity contribution is 0.887. The highest BCUT2D eigenvalue weighted by molar-refractivity contribution is 5.91. The smallest absolute Gasteiger partial charge is 0.0726 e. The number of benzene rings is 1. The zero-order valence-electron chi connectivity index (χ0n) is 9.77. The number of hydrogen-bond donors (Lipinski definition) is 1. The first kappa shape index (κ1) is 10.9. The van der Waals surface area contributed by atoms with Crippen molar-refractivity contribution in [3.05, 3.63) is 36.0 Å². The number of anilines is 1. The first-order valence-corrected chi connectivity index (χ1v) is 5.50. The zero-order chi connectivity index (χ0) is 11.5. The van der Waals surface area contributed by atoms with Crippen LogP contribution in [0.15, 0.2) is 30.3 Å². The van der Waals surface area contributed by atoms with Crippen molar-refractivity contribution in [2.24, 2.45) is 5.73 Å². The summed E-state index contributed by atoms with van der Waals surface area (Å²) in [5, 5.41) is 1.18. The van der Waals surface area contributed by atoms with Gasteiger partial charge in [0.15, 0.2) is 0 Å². The first-order chi connectivity index (χ1) is 7.72. The highest BCUT2D eigenvalue weighted by Gasteiger charge is 2.06. The molecule has 0 amide bonds. The van der Waals surface area contributed by atoms with Crippen LogP contribution in [0, 0.1) is 6.92 Å². The SMILES string of the molecule is Cc1cc(N(C)CCN)c2ccccc2n1. The Hall–Kier alpha value is -1.61. The number of hydrogen-bond acceptors (Lipinski definition) is 3. The minimum atomic E-state index is 0.659. The van der Waals surface area contributed by atoms with Crippen molar-refractivity contribution in [2.45, 2.75) is 6.92 Å². The summed E-state index contributed by atoms with van der Waals surface area (Å²) in [6, 6.07) is 10.3. The summed E-state index contributed by atoms with van der Waals surface area (Å²) in [5.74, 6) is 0. The summed E-state index contributed by atoms with van der Waals surface area (Å²) in [5.41, 5.74) is 8.88. The molecule has 0 spiro atoms. The Morgan fingerprint density at radius 3 is 2.81 bits per heavy atom. The van der Waals surface area contributed by atoms with Crippen molar-refractivity contribution in [3.63, 3.8) is 0 Å². The molecule has 0 aliphatic rings. The molecule has 3 nitrogen and oxygen atoms in total. The summed E-state index contributed by atoms with van der Waals surface area (Å²) < 4.78 is 0. The van der Waals surface area contributed by atoms with E-state index < -0.39 is 0 Å². The second-order valence-electron chi connectivity index (χ2n) is 4.01. The number of likely N-dealkylation sites (N-methyl/N-ethyl adjacent to an activating group) is 1. The fraction of sp³-hybridized carbons (Fsp3) is 0.308. The molecule has 1 aromatic heterocycles. The maximum atomic E-state index is 5.59. The van der Waals surface area contributed by atoms with Gasteiger partial charge < -0.3 is 10.6 Å². The quantitative estimate of drug-likeness (QED) is 0.850. The lowest BCUT2D eigenvalue weighted by atomic mass is 10.1. The molecule has 0 unspecified atom stereocenters. The van der Waals surface area contributed by atoms with E-state index in [4.69, 9.17) is 5.73 Å². The normalized spacial score (nSPS) is 10.7. The van der Waals surface area contributed by atoms with Gasteiger partial charge in [-0.05, 0) is 19.1 Å². The van der Waals surface area contributed by atoms with Crippen molar-refractivity contribution in [2.75, 3.05) is 25.0 Å². The van der Waals surface area contributed by atoms with Crippen molar-refractivity contribution >= 4 is 16.6 Å². The van der Waals surface area contributed by atoms with Crippen molar-refractivity contribution in [1.82, 2.24) is 4.98 Å². The van der Waals surface area contributed by atoms with Gasteiger partial charge in [-0.15, -0.1) is 0 Å². The van der Waals surface area contributed by atoms with Crippen LogP contribution in [0.25, 0.3) is 10.9 Å². The monoisotopic (exact) mass is 215 g/mol. The minimum absolute atomic E-state index is 0.659. The molecule has 0 radical (unpaired) electrons. The molecule has 0 aliphatic carbocycles. The molecule has 3 heteroatoms. The van der Waals surface area contributed by atoms with Crippen LogP contribution >= 0.6 is 0 Å². The van der Waals surface area contributed by atoms with E-state index in [-0.39, 0.29) is 0 Å². The van der Waals surface area contributed by atoms with Gasteiger partial charge in [0.25, 0.3) is 0 Å². The second-order valence-corrected chi connectivity index (χ2v) is 4.01. The number of para-hydroxylation sites is 1. The lowest BCUT2D eigenvalue weighted by Crippen LogP contribution is -2.25. The molecule has 0 fully saturated rings. The highest BCUT2D eigenvalue weighted by Crippen LogP contribution is 2.25. The number of aryl methyl sites for hydroxylation is 1. The molecule has 0 atom stereocenters. The summed E-state index contributed by atoms with van der Waals surface area (Å²) in [7, 11) is 2.06. The van der Waals surface area contributed by atoms with E-state index in [9.17, 15) is 0 Å². The van der Waals surface area contributed by atoms with Gasteiger partial charge in [-0.2, -0.15) is 0 Å². The average molecular weight is 215 g/mol. The van der Waals surface area contributed by atoms with E-state index in [1.54, 1.807) is 0 Å². The van der Waals surface area contributed by atoms with Crippen molar-refractivity contribution in [1.29, 1.82) is 0 Å². The second kappa shape index (κ2) is 4.49. The average Bonchev–Trinajstić information content (AvgIpc) is 2.28. The molecule has 1 aromatic carbocycles. The number of fused-ring (bicyclic) bond motifs is 1. The molecule has 2 rings (SSSR count). The van der Waals surface area contributed by atoms with Gasteiger partial charge in [0.1, 0.15) is 0 Å². The number of nitrogens with zero attached hydrogens (tertiary/aromatic N) is 2. The molecule has 0 saturated carbocycles. The summed E-state index contributed by atoms with van der Waals surface area (Å²) >= 11 is 0. The van der Waals surface area contributed by atoms with Crippen molar-refractivity contribution < 1.29 is 0 Å². The maximum absolute atomic E-state index is 5.59. The Morgan fingerprint density at radius 2 is 2.06 bits per heavy atom. The topological polar surface area (TPSA) is 42.1 Å². The molecule has 1 heterocycles. The predicted octanol–water partition coefficient (Wildman–Crippen LogP) is 1.94. The predicted molar refractivity (Wildman–Crippen MR) is 68.8 cm³/mol. The van der Waals surface area contributed by atoms with Crippen LogP contribution < -0.4 is 10.6 Å². The number of rotatable bonds is 3. The van der Waals surface area contributed by atoms with Crippen LogP contribution in [0.1, 0.15) is 5.69 Å². The van der Waals surface area contributed by atoms with E-state index >= 15 is 0 Å². The van der Waals surface area contributed by atoms with Crippen LogP contribution in [0.3, 0.4) is 0 Å². The fourth-order valence-corrected chi connectivity index (χ4v) is 1.92. The van der Waals surface area contributed by atoms with Crippen molar-refractivity contribution in [3.8, 4) is 0 Å². The maximum Gasteiger partial charge on any atom is 0.0726 e. The van der Waals surface area contributed by atoms with E-state index in [0.29, 0.717) is 6.54 Å². The molecular formula is C13H17N3. The van der Waals surface area contributed by atoms with Crippen LogP contribution in [0.2, 0.25) is 0 Å². The highest BCUT2D eigenvalue weighted by atomic mass is 15.1. The molecular weight excluding hydrogens is 198 g/mol. The Balaban J connectivity index is 2.58. The van der Waals surface area contributed by atoms with Crippen LogP contribution in [0.5, 0.6) is 0 Å².